The fraction of sp³-hybridized carbons (Fsp3) is 0.273. The van der Waals surface area contributed by atoms with Crippen LogP contribution in [0.15, 0.2) is 47.3 Å². The first-order valence-corrected chi connectivity index (χ1v) is 9.86. The van der Waals surface area contributed by atoms with Crippen LogP contribution >= 0.6 is 11.6 Å². The Morgan fingerprint density at radius 3 is 2.72 bits per heavy atom. The molecule has 29 heavy (non-hydrogen) atoms. The quantitative estimate of drug-likeness (QED) is 0.662. The summed E-state index contributed by atoms with van der Waals surface area (Å²) in [6.45, 7) is 2.21. The Morgan fingerprint density at radius 2 is 1.97 bits per heavy atom. The van der Waals surface area contributed by atoms with Gasteiger partial charge in [-0.2, -0.15) is 0 Å². The van der Waals surface area contributed by atoms with Crippen molar-refractivity contribution in [3.8, 4) is 0 Å². The van der Waals surface area contributed by atoms with Crippen molar-refractivity contribution in [3.63, 3.8) is 0 Å². The lowest BCUT2D eigenvalue weighted by atomic mass is 9.92. The van der Waals surface area contributed by atoms with Crippen LogP contribution in [0.5, 0.6) is 0 Å². The maximum absolute atomic E-state index is 13.4. The number of ketones is 2. The Kier molecular flexibility index (Phi) is 5.20. The number of carbonyl (C=O) groups is 2. The number of benzene rings is 2. The Morgan fingerprint density at radius 1 is 1.17 bits per heavy atom. The van der Waals surface area contributed by atoms with E-state index in [-0.39, 0.29) is 23.5 Å². The Hall–Kier alpha value is -2.99. The van der Waals surface area contributed by atoms with Crippen molar-refractivity contribution < 1.29 is 9.59 Å². The van der Waals surface area contributed by atoms with E-state index in [9.17, 15) is 14.4 Å². The van der Waals surface area contributed by atoms with Crippen LogP contribution in [0, 0.1) is 6.92 Å². The zero-order valence-corrected chi connectivity index (χ0v) is 16.7. The number of halogens is 1. The van der Waals surface area contributed by atoms with E-state index < -0.39 is 6.04 Å². The zero-order chi connectivity index (χ0) is 20.5. The number of nitrogens with zero attached hydrogens (tertiary/aromatic N) is 2. The molecular formula is C22H20ClN3O3. The fourth-order valence-electron chi connectivity index (χ4n) is 3.84. The molecule has 1 fully saturated rings. The van der Waals surface area contributed by atoms with Gasteiger partial charge in [0, 0.05) is 23.7 Å². The minimum absolute atomic E-state index is 0.0745. The van der Waals surface area contributed by atoms with Gasteiger partial charge in [0.2, 0.25) is 0 Å². The predicted octanol–water partition coefficient (Wildman–Crippen LogP) is 3.83. The highest BCUT2D eigenvalue weighted by Crippen LogP contribution is 2.26. The van der Waals surface area contributed by atoms with Gasteiger partial charge in [0.15, 0.2) is 5.78 Å². The van der Waals surface area contributed by atoms with E-state index in [0.717, 1.165) is 5.56 Å². The highest BCUT2D eigenvalue weighted by molar-refractivity contribution is 6.30. The molecule has 3 aromatic rings. The van der Waals surface area contributed by atoms with Crippen LogP contribution in [-0.2, 0) is 16.1 Å². The number of aromatic nitrogens is 2. The molecule has 1 aromatic heterocycles. The Bertz CT molecular complexity index is 1190. The van der Waals surface area contributed by atoms with Crippen LogP contribution in [0.4, 0.5) is 5.69 Å². The first-order chi connectivity index (χ1) is 13.9. The number of hydrogen-bond donors (Lipinski definition) is 1. The second-order valence-corrected chi connectivity index (χ2v) is 7.69. The summed E-state index contributed by atoms with van der Waals surface area (Å²) in [6, 6.07) is 12.3. The number of Topliss-reactive ketones (excluding diaryl/α,β-unsaturated/α-hetero) is 2. The second kappa shape index (κ2) is 7.79. The lowest BCUT2D eigenvalue weighted by Gasteiger charge is -2.24. The molecule has 6 nitrogen and oxygen atoms in total. The summed E-state index contributed by atoms with van der Waals surface area (Å²) in [5.41, 5.74) is 1.93. The maximum atomic E-state index is 13.4. The van der Waals surface area contributed by atoms with Gasteiger partial charge in [-0.3, -0.25) is 19.0 Å². The predicted molar refractivity (Wildman–Crippen MR) is 112 cm³/mol. The molecular weight excluding hydrogens is 390 g/mol. The molecule has 1 aliphatic rings. The number of carbonyl (C=O) groups excluding carboxylic acids is 2. The average Bonchev–Trinajstić information content (AvgIpc) is 2.67. The number of hydrogen-bond acceptors (Lipinski definition) is 5. The molecule has 0 saturated heterocycles. The average molecular weight is 410 g/mol. The first-order valence-electron chi connectivity index (χ1n) is 9.48. The third-order valence-corrected chi connectivity index (χ3v) is 5.46. The number of fused-ring (bicyclic) bond motifs is 1. The molecule has 0 bridgehead atoms. The highest BCUT2D eigenvalue weighted by Gasteiger charge is 2.30. The topological polar surface area (TPSA) is 81.1 Å². The van der Waals surface area contributed by atoms with Crippen LogP contribution in [0.2, 0.25) is 5.02 Å². The second-order valence-electron chi connectivity index (χ2n) is 7.25. The van der Waals surface area contributed by atoms with Crippen molar-refractivity contribution in [2.75, 3.05) is 5.32 Å². The van der Waals surface area contributed by atoms with Gasteiger partial charge in [0.1, 0.15) is 11.6 Å². The molecule has 1 saturated carbocycles. The van der Waals surface area contributed by atoms with Crippen molar-refractivity contribution >= 4 is 39.8 Å². The summed E-state index contributed by atoms with van der Waals surface area (Å²) in [4.78, 5) is 42.0. The third-order valence-electron chi connectivity index (χ3n) is 5.23. The number of rotatable bonds is 4. The minimum Gasteiger partial charge on any atom is -0.380 e. The van der Waals surface area contributed by atoms with E-state index >= 15 is 0 Å². The molecule has 7 heteroatoms. The lowest BCUT2D eigenvalue weighted by molar-refractivity contribution is -0.132. The minimum atomic E-state index is -0.641. The van der Waals surface area contributed by atoms with E-state index in [2.05, 4.69) is 10.3 Å². The van der Waals surface area contributed by atoms with Gasteiger partial charge in [-0.15, -0.1) is 0 Å². The summed E-state index contributed by atoms with van der Waals surface area (Å²) >= 11 is 6.05. The monoisotopic (exact) mass is 409 g/mol. The Labute approximate surface area is 172 Å². The normalized spacial score (nSPS) is 17.0. The summed E-state index contributed by atoms with van der Waals surface area (Å²) in [5, 5.41) is 4.37. The molecule has 1 heterocycles. The molecule has 2 aromatic carbocycles. The van der Waals surface area contributed by atoms with E-state index in [1.807, 2.05) is 30.3 Å². The largest absolute Gasteiger partial charge is 0.380 e. The van der Waals surface area contributed by atoms with Gasteiger partial charge >= 0.3 is 0 Å². The van der Waals surface area contributed by atoms with Crippen molar-refractivity contribution in [2.24, 2.45) is 0 Å². The van der Waals surface area contributed by atoms with E-state index in [0.29, 0.717) is 46.8 Å². The van der Waals surface area contributed by atoms with Crippen molar-refractivity contribution in [3.05, 3.63) is 69.2 Å². The van der Waals surface area contributed by atoms with Gasteiger partial charge in [-0.25, -0.2) is 4.98 Å². The molecule has 1 N–H and O–H groups in total. The molecule has 1 aliphatic carbocycles. The molecule has 0 radical (unpaired) electrons. The van der Waals surface area contributed by atoms with Crippen LogP contribution in [-0.4, -0.2) is 21.1 Å². The fourth-order valence-corrected chi connectivity index (χ4v) is 4.06. The molecule has 148 valence electrons. The highest BCUT2D eigenvalue weighted by atomic mass is 35.5. The van der Waals surface area contributed by atoms with Crippen LogP contribution in [0.25, 0.3) is 10.9 Å². The number of aryl methyl sites for hydroxylation is 1. The molecule has 0 spiro atoms. The molecule has 0 aliphatic heterocycles. The number of anilines is 1. The summed E-state index contributed by atoms with van der Waals surface area (Å²) in [7, 11) is 0. The van der Waals surface area contributed by atoms with Crippen LogP contribution < -0.4 is 10.9 Å². The smallest absolute Gasteiger partial charge is 0.264 e. The molecule has 1 unspecified atom stereocenters. The maximum Gasteiger partial charge on any atom is 0.264 e. The van der Waals surface area contributed by atoms with Crippen molar-refractivity contribution in [2.45, 2.75) is 38.8 Å². The Balaban J connectivity index is 1.76. The molecule has 0 amide bonds. The SMILES string of the molecule is Cc1nc2cccc(NCc3cccc(Cl)c3)c2c(=O)n1C1CCC(=O)CC1=O. The number of nitrogens with one attached hydrogen (secondary N) is 1. The molecule has 4 rings (SSSR count). The van der Waals surface area contributed by atoms with Gasteiger partial charge in [0.05, 0.1) is 23.4 Å². The lowest BCUT2D eigenvalue weighted by Crippen LogP contribution is -2.36. The van der Waals surface area contributed by atoms with Gasteiger partial charge < -0.3 is 5.32 Å². The first kappa shape index (κ1) is 19.3. The van der Waals surface area contributed by atoms with Crippen molar-refractivity contribution in [1.29, 1.82) is 0 Å². The van der Waals surface area contributed by atoms with Gasteiger partial charge in [0.25, 0.3) is 5.56 Å². The van der Waals surface area contributed by atoms with Crippen molar-refractivity contribution in [1.82, 2.24) is 9.55 Å². The van der Waals surface area contributed by atoms with Crippen LogP contribution in [0.1, 0.15) is 36.7 Å². The summed E-state index contributed by atoms with van der Waals surface area (Å²) in [6.07, 6.45) is 0.516. The van der Waals surface area contributed by atoms with E-state index in [1.165, 1.54) is 4.57 Å². The summed E-state index contributed by atoms with van der Waals surface area (Å²) < 4.78 is 1.45. The zero-order valence-electron chi connectivity index (χ0n) is 15.9. The third kappa shape index (κ3) is 3.80. The van der Waals surface area contributed by atoms with Gasteiger partial charge in [-0.1, -0.05) is 29.8 Å². The molecule has 1 atom stereocenters. The van der Waals surface area contributed by atoms with Gasteiger partial charge in [-0.05, 0) is 43.2 Å². The van der Waals surface area contributed by atoms with E-state index in [1.54, 1.807) is 19.1 Å². The van der Waals surface area contributed by atoms with Crippen LogP contribution in [0.3, 0.4) is 0 Å². The summed E-state index contributed by atoms with van der Waals surface area (Å²) in [5.74, 6) is 0.175. The van der Waals surface area contributed by atoms with E-state index in [4.69, 9.17) is 11.6 Å². The standard InChI is InChI=1S/C22H20ClN3O3/c1-13-25-18-7-3-6-17(24-12-14-4-2-5-15(23)10-14)21(18)22(29)26(13)19-9-8-16(27)11-20(19)28/h2-7,10,19,24H,8-9,11-12H2,1H3.